The van der Waals surface area contributed by atoms with Gasteiger partial charge in [-0.25, -0.2) is 0 Å². The molecule has 2 atom stereocenters. The highest BCUT2D eigenvalue weighted by molar-refractivity contribution is 5.69. The molecule has 0 radical (unpaired) electrons. The monoisotopic (exact) mass is 226 g/mol. The summed E-state index contributed by atoms with van der Waals surface area (Å²) in [5.74, 6) is -0.671. The lowest BCUT2D eigenvalue weighted by Crippen LogP contribution is -2.71. The van der Waals surface area contributed by atoms with Gasteiger partial charge in [0.1, 0.15) is 0 Å². The lowest BCUT2D eigenvalue weighted by atomic mass is 9.84. The maximum absolute atomic E-state index is 11.0. The third kappa shape index (κ3) is 1.84. The summed E-state index contributed by atoms with van der Waals surface area (Å²) in [5.41, 5.74) is -0.109. The summed E-state index contributed by atoms with van der Waals surface area (Å²) < 4.78 is 0. The molecule has 0 amide bonds. The number of aliphatic carboxylic acids is 1. The number of hydrogen-bond donors (Lipinski definition) is 2. The van der Waals surface area contributed by atoms with Gasteiger partial charge >= 0.3 is 5.97 Å². The van der Waals surface area contributed by atoms with Crippen molar-refractivity contribution in [2.75, 3.05) is 13.1 Å². The Labute approximate surface area is 97.0 Å². The highest BCUT2D eigenvalue weighted by Crippen LogP contribution is 2.37. The van der Waals surface area contributed by atoms with Crippen molar-refractivity contribution in [3.63, 3.8) is 0 Å². The van der Waals surface area contributed by atoms with E-state index in [9.17, 15) is 4.79 Å². The molecule has 0 saturated carbocycles. The fourth-order valence-electron chi connectivity index (χ4n) is 3.42. The molecule has 4 nitrogen and oxygen atoms in total. The molecule has 0 spiro atoms. The Bertz CT molecular complexity index is 276. The molecule has 2 N–H and O–H groups in total. The summed E-state index contributed by atoms with van der Waals surface area (Å²) in [4.78, 5) is 13.5. The van der Waals surface area contributed by atoms with E-state index in [0.29, 0.717) is 12.1 Å². The van der Waals surface area contributed by atoms with Crippen LogP contribution in [0.2, 0.25) is 0 Å². The lowest BCUT2D eigenvalue weighted by Gasteiger charge is -2.52. The van der Waals surface area contributed by atoms with Gasteiger partial charge in [0.05, 0.1) is 12.0 Å². The van der Waals surface area contributed by atoms with E-state index in [1.54, 1.807) is 0 Å². The third-order valence-electron chi connectivity index (χ3n) is 4.19. The zero-order chi connectivity index (χ0) is 11.8. The molecule has 16 heavy (non-hydrogen) atoms. The Kier molecular flexibility index (Phi) is 3.22. The van der Waals surface area contributed by atoms with Crippen LogP contribution in [0.15, 0.2) is 0 Å². The normalized spacial score (nSPS) is 33.6. The Morgan fingerprint density at radius 3 is 2.62 bits per heavy atom. The average molecular weight is 226 g/mol. The number of nitrogens with one attached hydrogen (secondary N) is 1. The molecular formula is C12H22N2O2. The highest BCUT2D eigenvalue weighted by atomic mass is 16.4. The summed E-state index contributed by atoms with van der Waals surface area (Å²) in [6.45, 7) is 6.11. The Morgan fingerprint density at radius 1 is 1.50 bits per heavy atom. The maximum atomic E-state index is 11.0. The summed E-state index contributed by atoms with van der Waals surface area (Å²) in [5, 5.41) is 12.3. The van der Waals surface area contributed by atoms with E-state index in [1.165, 1.54) is 12.8 Å². The lowest BCUT2D eigenvalue weighted by molar-refractivity contribution is -0.142. The fraction of sp³-hybridized carbons (Fsp3) is 0.917. The zero-order valence-corrected chi connectivity index (χ0v) is 10.2. The van der Waals surface area contributed by atoms with Crippen LogP contribution in [0.5, 0.6) is 0 Å². The second-order valence-electron chi connectivity index (χ2n) is 5.29. The second kappa shape index (κ2) is 4.34. The first-order chi connectivity index (χ1) is 7.59. The summed E-state index contributed by atoms with van der Waals surface area (Å²) in [7, 11) is 0. The molecule has 4 heteroatoms. The minimum absolute atomic E-state index is 0.109. The van der Waals surface area contributed by atoms with Gasteiger partial charge in [0.25, 0.3) is 0 Å². The predicted octanol–water partition coefficient (Wildman–Crippen LogP) is 1.07. The molecule has 0 aliphatic carbocycles. The van der Waals surface area contributed by atoms with Crippen molar-refractivity contribution in [1.82, 2.24) is 10.2 Å². The van der Waals surface area contributed by atoms with E-state index in [-0.39, 0.29) is 12.0 Å². The molecular weight excluding hydrogens is 204 g/mol. The number of likely N-dealkylation sites (tertiary alicyclic amines) is 1. The molecule has 2 saturated heterocycles. The van der Waals surface area contributed by atoms with Crippen LogP contribution in [0.1, 0.15) is 39.5 Å². The van der Waals surface area contributed by atoms with E-state index in [4.69, 9.17) is 5.11 Å². The van der Waals surface area contributed by atoms with Crippen LogP contribution < -0.4 is 5.32 Å². The van der Waals surface area contributed by atoms with Crippen LogP contribution in [-0.2, 0) is 4.79 Å². The fourth-order valence-corrected chi connectivity index (χ4v) is 3.42. The molecule has 2 rings (SSSR count). The Hall–Kier alpha value is -0.610. The topological polar surface area (TPSA) is 52.6 Å². The van der Waals surface area contributed by atoms with Crippen molar-refractivity contribution in [3.8, 4) is 0 Å². The SMILES string of the molecule is CCC1CCC(C)N1C1(CC(=O)O)CNC1. The molecule has 0 aromatic heterocycles. The first-order valence-electron chi connectivity index (χ1n) is 6.30. The minimum Gasteiger partial charge on any atom is -0.481 e. The van der Waals surface area contributed by atoms with Crippen molar-refractivity contribution in [1.29, 1.82) is 0 Å². The molecule has 2 aliphatic rings. The molecule has 2 heterocycles. The standard InChI is InChI=1S/C12H22N2O2/c1-3-10-5-4-9(2)14(10)12(6-11(15)16)7-13-8-12/h9-10,13H,3-8H2,1-2H3,(H,15,16). The van der Waals surface area contributed by atoms with Crippen molar-refractivity contribution >= 4 is 5.97 Å². The number of hydrogen-bond acceptors (Lipinski definition) is 3. The number of nitrogens with zero attached hydrogens (tertiary/aromatic N) is 1. The average Bonchev–Trinajstić information content (AvgIpc) is 2.53. The van der Waals surface area contributed by atoms with E-state index in [2.05, 4.69) is 24.1 Å². The van der Waals surface area contributed by atoms with Crippen LogP contribution in [-0.4, -0.2) is 46.7 Å². The van der Waals surface area contributed by atoms with Gasteiger partial charge in [0.2, 0.25) is 0 Å². The van der Waals surface area contributed by atoms with E-state index in [1.807, 2.05) is 0 Å². The largest absolute Gasteiger partial charge is 0.481 e. The van der Waals surface area contributed by atoms with E-state index < -0.39 is 5.97 Å². The molecule has 2 aliphatic heterocycles. The summed E-state index contributed by atoms with van der Waals surface area (Å²) in [6, 6.07) is 1.11. The van der Waals surface area contributed by atoms with Gasteiger partial charge in [-0.15, -0.1) is 0 Å². The number of carboxylic acids is 1. The van der Waals surface area contributed by atoms with Crippen LogP contribution in [0.25, 0.3) is 0 Å². The summed E-state index contributed by atoms with van der Waals surface area (Å²) in [6.07, 6.45) is 3.84. The Morgan fingerprint density at radius 2 is 2.19 bits per heavy atom. The zero-order valence-electron chi connectivity index (χ0n) is 10.2. The maximum Gasteiger partial charge on any atom is 0.305 e. The van der Waals surface area contributed by atoms with Gasteiger partial charge < -0.3 is 10.4 Å². The Balaban J connectivity index is 2.15. The molecule has 0 aromatic carbocycles. The third-order valence-corrected chi connectivity index (χ3v) is 4.19. The van der Waals surface area contributed by atoms with Gasteiger partial charge in [-0.05, 0) is 26.2 Å². The van der Waals surface area contributed by atoms with Crippen molar-refractivity contribution in [2.45, 2.75) is 57.2 Å². The van der Waals surface area contributed by atoms with Gasteiger partial charge in [-0.2, -0.15) is 0 Å². The quantitative estimate of drug-likeness (QED) is 0.753. The van der Waals surface area contributed by atoms with Crippen molar-refractivity contribution < 1.29 is 9.90 Å². The van der Waals surface area contributed by atoms with Gasteiger partial charge in [0.15, 0.2) is 0 Å². The number of carbonyl (C=O) groups is 1. The number of carboxylic acid groups (broad SMARTS) is 1. The minimum atomic E-state index is -0.671. The first kappa shape index (κ1) is 11.9. The second-order valence-corrected chi connectivity index (χ2v) is 5.29. The number of rotatable bonds is 4. The predicted molar refractivity (Wildman–Crippen MR) is 62.5 cm³/mol. The first-order valence-corrected chi connectivity index (χ1v) is 6.30. The van der Waals surface area contributed by atoms with Gasteiger partial charge in [0, 0.05) is 25.2 Å². The molecule has 92 valence electrons. The van der Waals surface area contributed by atoms with Crippen molar-refractivity contribution in [2.24, 2.45) is 0 Å². The van der Waals surface area contributed by atoms with Crippen LogP contribution in [0.3, 0.4) is 0 Å². The van der Waals surface area contributed by atoms with Gasteiger partial charge in [-0.1, -0.05) is 6.92 Å². The molecule has 0 bridgehead atoms. The summed E-state index contributed by atoms with van der Waals surface area (Å²) >= 11 is 0. The van der Waals surface area contributed by atoms with Crippen LogP contribution in [0, 0.1) is 0 Å². The molecule has 2 fully saturated rings. The van der Waals surface area contributed by atoms with Gasteiger partial charge in [-0.3, -0.25) is 9.69 Å². The van der Waals surface area contributed by atoms with Crippen LogP contribution >= 0.6 is 0 Å². The molecule has 0 aromatic rings. The molecule has 2 unspecified atom stereocenters. The highest BCUT2D eigenvalue weighted by Gasteiger charge is 2.50. The van der Waals surface area contributed by atoms with E-state index in [0.717, 1.165) is 19.5 Å². The van der Waals surface area contributed by atoms with Crippen molar-refractivity contribution in [3.05, 3.63) is 0 Å². The van der Waals surface area contributed by atoms with Crippen LogP contribution in [0.4, 0.5) is 0 Å². The van der Waals surface area contributed by atoms with E-state index >= 15 is 0 Å². The smallest absolute Gasteiger partial charge is 0.305 e.